The Morgan fingerprint density at radius 3 is 2.05 bits per heavy atom. The smallest absolute Gasteiger partial charge is 0.264 e. The van der Waals surface area contributed by atoms with Crippen LogP contribution < -0.4 is 4.31 Å². The summed E-state index contributed by atoms with van der Waals surface area (Å²) in [4.78, 5) is 0.314. The normalized spacial score (nSPS) is 11.4. The first kappa shape index (κ1) is 16.0. The number of alkyl halides is 1. The van der Waals surface area contributed by atoms with Crippen molar-refractivity contribution in [1.29, 1.82) is 0 Å². The average molecular weight is 368 g/mol. The standard InChI is InChI=1S/C16H18BrNO2S/c1-3-18(15-8-4-13(2)5-9-15)21(19,20)16-10-6-14(12-17)7-11-16/h4-11H,3,12H2,1-2H3. The molecule has 0 radical (unpaired) electrons. The van der Waals surface area contributed by atoms with E-state index in [0.717, 1.165) is 11.1 Å². The fourth-order valence-electron chi connectivity index (χ4n) is 2.08. The second-order valence-electron chi connectivity index (χ2n) is 4.78. The molecule has 0 bridgehead atoms. The van der Waals surface area contributed by atoms with Gasteiger partial charge in [0.05, 0.1) is 10.6 Å². The van der Waals surface area contributed by atoms with E-state index in [1.807, 2.05) is 50.2 Å². The summed E-state index contributed by atoms with van der Waals surface area (Å²) in [6.07, 6.45) is 0. The van der Waals surface area contributed by atoms with E-state index in [9.17, 15) is 8.42 Å². The Kier molecular flexibility index (Phi) is 5.06. The Labute approximate surface area is 134 Å². The predicted octanol–water partition coefficient (Wildman–Crippen LogP) is 4.11. The molecule has 0 fully saturated rings. The maximum Gasteiger partial charge on any atom is 0.264 e. The Morgan fingerprint density at radius 2 is 1.57 bits per heavy atom. The van der Waals surface area contributed by atoms with Crippen LogP contribution >= 0.6 is 15.9 Å². The van der Waals surface area contributed by atoms with Gasteiger partial charge in [0, 0.05) is 11.9 Å². The molecule has 0 aliphatic carbocycles. The summed E-state index contributed by atoms with van der Waals surface area (Å²) in [6, 6.07) is 14.5. The van der Waals surface area contributed by atoms with Gasteiger partial charge in [-0.1, -0.05) is 45.8 Å². The topological polar surface area (TPSA) is 37.4 Å². The van der Waals surface area contributed by atoms with E-state index in [-0.39, 0.29) is 0 Å². The molecule has 0 aromatic heterocycles. The first-order valence-electron chi connectivity index (χ1n) is 6.73. The lowest BCUT2D eigenvalue weighted by Crippen LogP contribution is -2.30. The third-order valence-electron chi connectivity index (χ3n) is 3.27. The zero-order valence-corrected chi connectivity index (χ0v) is 14.5. The molecule has 5 heteroatoms. The quantitative estimate of drug-likeness (QED) is 0.745. The van der Waals surface area contributed by atoms with Crippen molar-refractivity contribution in [2.24, 2.45) is 0 Å². The Hall–Kier alpha value is -1.33. The van der Waals surface area contributed by atoms with E-state index in [4.69, 9.17) is 0 Å². The van der Waals surface area contributed by atoms with Gasteiger partial charge < -0.3 is 0 Å². The van der Waals surface area contributed by atoms with Crippen molar-refractivity contribution in [3.05, 3.63) is 59.7 Å². The number of nitrogens with zero attached hydrogens (tertiary/aromatic N) is 1. The van der Waals surface area contributed by atoms with Gasteiger partial charge in [0.2, 0.25) is 0 Å². The van der Waals surface area contributed by atoms with E-state index >= 15 is 0 Å². The van der Waals surface area contributed by atoms with E-state index in [0.29, 0.717) is 22.5 Å². The first-order chi connectivity index (χ1) is 9.98. The minimum absolute atomic E-state index is 0.314. The fourth-order valence-corrected chi connectivity index (χ4v) is 3.93. The van der Waals surface area contributed by atoms with Gasteiger partial charge in [-0.3, -0.25) is 4.31 Å². The number of rotatable bonds is 5. The molecule has 0 saturated heterocycles. The van der Waals surface area contributed by atoms with Crippen LogP contribution in [0.4, 0.5) is 5.69 Å². The fraction of sp³-hybridized carbons (Fsp3) is 0.250. The van der Waals surface area contributed by atoms with Crippen LogP contribution in [0.3, 0.4) is 0 Å². The number of hydrogen-bond acceptors (Lipinski definition) is 2. The maximum absolute atomic E-state index is 12.8. The highest BCUT2D eigenvalue weighted by atomic mass is 79.9. The molecule has 21 heavy (non-hydrogen) atoms. The van der Waals surface area contributed by atoms with Gasteiger partial charge >= 0.3 is 0 Å². The first-order valence-corrected chi connectivity index (χ1v) is 9.29. The van der Waals surface area contributed by atoms with Gasteiger partial charge in [-0.2, -0.15) is 0 Å². The van der Waals surface area contributed by atoms with Gasteiger partial charge in [-0.15, -0.1) is 0 Å². The van der Waals surface area contributed by atoms with Crippen molar-refractivity contribution < 1.29 is 8.42 Å². The number of benzene rings is 2. The largest absolute Gasteiger partial charge is 0.267 e. The zero-order valence-electron chi connectivity index (χ0n) is 12.1. The van der Waals surface area contributed by atoms with Crippen LogP contribution in [0.2, 0.25) is 0 Å². The number of aryl methyl sites for hydroxylation is 1. The minimum Gasteiger partial charge on any atom is -0.267 e. The summed E-state index contributed by atoms with van der Waals surface area (Å²) < 4.78 is 27.0. The van der Waals surface area contributed by atoms with Crippen LogP contribution in [0, 0.1) is 6.92 Å². The monoisotopic (exact) mass is 367 g/mol. The lowest BCUT2D eigenvalue weighted by molar-refractivity contribution is 0.592. The third kappa shape index (κ3) is 3.47. The molecule has 0 aliphatic rings. The van der Waals surface area contributed by atoms with Crippen molar-refractivity contribution in [2.45, 2.75) is 24.1 Å². The SMILES string of the molecule is CCN(c1ccc(C)cc1)S(=O)(=O)c1ccc(CBr)cc1. The molecule has 3 nitrogen and oxygen atoms in total. The molecule has 2 rings (SSSR count). The van der Waals surface area contributed by atoms with E-state index in [1.54, 1.807) is 12.1 Å². The van der Waals surface area contributed by atoms with Crippen molar-refractivity contribution in [3.8, 4) is 0 Å². The van der Waals surface area contributed by atoms with Crippen LogP contribution in [0.5, 0.6) is 0 Å². The summed E-state index contributed by atoms with van der Waals surface area (Å²) in [5, 5.41) is 0.711. The second-order valence-corrected chi connectivity index (χ2v) is 7.21. The lowest BCUT2D eigenvalue weighted by Gasteiger charge is -2.23. The van der Waals surface area contributed by atoms with Gasteiger partial charge in [0.25, 0.3) is 10.0 Å². The van der Waals surface area contributed by atoms with E-state index in [2.05, 4.69) is 15.9 Å². The second kappa shape index (κ2) is 6.62. The Bertz CT molecular complexity index is 694. The Morgan fingerprint density at radius 1 is 1.00 bits per heavy atom. The molecule has 0 saturated carbocycles. The summed E-state index contributed by atoms with van der Waals surface area (Å²) in [6.45, 7) is 4.21. The number of anilines is 1. The minimum atomic E-state index is -3.52. The van der Waals surface area contributed by atoms with Crippen LogP contribution in [0.1, 0.15) is 18.1 Å². The van der Waals surface area contributed by atoms with Crippen LogP contribution in [-0.2, 0) is 15.4 Å². The maximum atomic E-state index is 12.8. The molecular weight excluding hydrogens is 350 g/mol. The van der Waals surface area contributed by atoms with Crippen LogP contribution in [-0.4, -0.2) is 15.0 Å². The van der Waals surface area contributed by atoms with Crippen molar-refractivity contribution >= 4 is 31.6 Å². The highest BCUT2D eigenvalue weighted by molar-refractivity contribution is 9.08. The molecule has 0 heterocycles. The van der Waals surface area contributed by atoms with Crippen molar-refractivity contribution in [1.82, 2.24) is 0 Å². The number of halogens is 1. The molecule has 112 valence electrons. The lowest BCUT2D eigenvalue weighted by atomic mass is 10.2. The van der Waals surface area contributed by atoms with Crippen molar-refractivity contribution in [3.63, 3.8) is 0 Å². The molecule has 0 spiro atoms. The zero-order chi connectivity index (χ0) is 15.5. The number of hydrogen-bond donors (Lipinski definition) is 0. The van der Waals surface area contributed by atoms with Gasteiger partial charge in [0.1, 0.15) is 0 Å². The van der Waals surface area contributed by atoms with Crippen LogP contribution in [0.15, 0.2) is 53.4 Å². The molecule has 2 aromatic carbocycles. The summed E-state index contributed by atoms with van der Waals surface area (Å²) in [5.74, 6) is 0. The van der Waals surface area contributed by atoms with Crippen molar-refractivity contribution in [2.75, 3.05) is 10.8 Å². The molecule has 0 atom stereocenters. The van der Waals surface area contributed by atoms with E-state index in [1.165, 1.54) is 4.31 Å². The van der Waals surface area contributed by atoms with Crippen LogP contribution in [0.25, 0.3) is 0 Å². The van der Waals surface area contributed by atoms with Gasteiger partial charge in [-0.05, 0) is 43.7 Å². The summed E-state index contributed by atoms with van der Waals surface area (Å²) >= 11 is 3.36. The molecule has 0 amide bonds. The average Bonchev–Trinajstić information content (AvgIpc) is 2.50. The molecule has 0 aliphatic heterocycles. The summed E-state index contributed by atoms with van der Waals surface area (Å²) in [5.41, 5.74) is 2.84. The highest BCUT2D eigenvalue weighted by Gasteiger charge is 2.23. The van der Waals surface area contributed by atoms with Gasteiger partial charge in [-0.25, -0.2) is 8.42 Å². The predicted molar refractivity (Wildman–Crippen MR) is 90.5 cm³/mol. The molecular formula is C16H18BrNO2S. The summed E-state index contributed by atoms with van der Waals surface area (Å²) in [7, 11) is -3.52. The molecule has 2 aromatic rings. The highest BCUT2D eigenvalue weighted by Crippen LogP contribution is 2.24. The number of sulfonamides is 1. The van der Waals surface area contributed by atoms with E-state index < -0.39 is 10.0 Å². The van der Waals surface area contributed by atoms with Gasteiger partial charge in [0.15, 0.2) is 0 Å². The Balaban J connectivity index is 2.41. The molecule has 0 unspecified atom stereocenters. The molecule has 0 N–H and O–H groups in total. The third-order valence-corrected chi connectivity index (χ3v) is 5.84.